The van der Waals surface area contributed by atoms with Crippen LogP contribution in [-0.2, 0) is 11.3 Å². The Kier molecular flexibility index (Phi) is 7.87. The third-order valence-corrected chi connectivity index (χ3v) is 5.78. The lowest BCUT2D eigenvalue weighted by Gasteiger charge is -2.37. The van der Waals surface area contributed by atoms with Crippen molar-refractivity contribution >= 4 is 33.6 Å². The summed E-state index contributed by atoms with van der Waals surface area (Å²) in [5.41, 5.74) is 1.96. The third-order valence-electron chi connectivity index (χ3n) is 5.25. The topological polar surface area (TPSA) is 64.7 Å². The average molecular weight is 473 g/mol. The second-order valence-electron chi connectivity index (χ2n) is 7.91. The van der Waals surface area contributed by atoms with Gasteiger partial charge in [0.25, 0.3) is 0 Å². The highest BCUT2D eigenvalue weighted by molar-refractivity contribution is 9.10. The zero-order valence-corrected chi connectivity index (χ0v) is 19.1. The fourth-order valence-electron chi connectivity index (χ4n) is 3.52. The first-order chi connectivity index (χ1) is 14.4. The van der Waals surface area contributed by atoms with E-state index in [1.54, 1.807) is 0 Å². The van der Waals surface area contributed by atoms with Gasteiger partial charge in [-0.2, -0.15) is 0 Å². The minimum Gasteiger partial charge on any atom is -0.338 e. The molecule has 0 saturated carbocycles. The molecule has 1 aliphatic heterocycles. The fraction of sp³-hybridized carbons (Fsp3) is 0.391. The van der Waals surface area contributed by atoms with Crippen LogP contribution in [0.3, 0.4) is 0 Å². The Morgan fingerprint density at radius 1 is 0.967 bits per heavy atom. The fourth-order valence-corrected chi connectivity index (χ4v) is 3.78. The van der Waals surface area contributed by atoms with E-state index in [2.05, 4.69) is 43.6 Å². The predicted molar refractivity (Wildman–Crippen MR) is 123 cm³/mol. The van der Waals surface area contributed by atoms with Gasteiger partial charge in [-0.25, -0.2) is 4.79 Å². The number of amides is 3. The minimum atomic E-state index is -0.555. The first-order valence-corrected chi connectivity index (χ1v) is 11.1. The van der Waals surface area contributed by atoms with E-state index in [0.717, 1.165) is 24.1 Å². The Balaban J connectivity index is 1.52. The monoisotopic (exact) mass is 472 g/mol. The molecule has 0 bridgehead atoms. The Morgan fingerprint density at radius 3 is 2.20 bits per heavy atom. The molecule has 1 atom stereocenters. The Hall–Kier alpha value is -2.38. The van der Waals surface area contributed by atoms with Gasteiger partial charge in [0.05, 0.1) is 0 Å². The largest absolute Gasteiger partial charge is 0.338 e. The molecule has 2 aromatic carbocycles. The molecule has 30 heavy (non-hydrogen) atoms. The lowest BCUT2D eigenvalue weighted by molar-refractivity contribution is -0.136. The van der Waals surface area contributed by atoms with Crippen LogP contribution in [0.2, 0.25) is 0 Å². The molecule has 3 amide bonds. The van der Waals surface area contributed by atoms with Gasteiger partial charge in [-0.3, -0.25) is 9.69 Å². The highest BCUT2D eigenvalue weighted by Gasteiger charge is 2.30. The number of hydrogen-bond acceptors (Lipinski definition) is 3. The number of carbonyl (C=O) groups excluding carboxylic acids is 2. The van der Waals surface area contributed by atoms with Crippen molar-refractivity contribution in [2.24, 2.45) is 5.92 Å². The molecule has 1 aliphatic rings. The van der Waals surface area contributed by atoms with Gasteiger partial charge in [-0.05, 0) is 35.7 Å². The molecule has 1 unspecified atom stereocenters. The van der Waals surface area contributed by atoms with Crippen molar-refractivity contribution in [1.29, 1.82) is 0 Å². The van der Waals surface area contributed by atoms with E-state index >= 15 is 0 Å². The standard InChI is InChI=1S/C23H29BrN4O2/c1-17(2)21(26-23(30)25-20-10-8-19(24)9-11-20)22(29)28-14-12-27(13-15-28)16-18-6-4-3-5-7-18/h3-11,17,21H,12-16H2,1-2H3,(H2,25,26,30). The number of rotatable bonds is 6. The molecule has 1 heterocycles. The van der Waals surface area contributed by atoms with Crippen molar-refractivity contribution in [1.82, 2.24) is 15.1 Å². The van der Waals surface area contributed by atoms with E-state index < -0.39 is 6.04 Å². The summed E-state index contributed by atoms with van der Waals surface area (Å²) in [6.45, 7) is 7.80. The first kappa shape index (κ1) is 22.3. The highest BCUT2D eigenvalue weighted by atomic mass is 79.9. The van der Waals surface area contributed by atoms with Crippen molar-refractivity contribution in [3.05, 3.63) is 64.6 Å². The van der Waals surface area contributed by atoms with Crippen LogP contribution in [0.1, 0.15) is 19.4 Å². The van der Waals surface area contributed by atoms with Crippen LogP contribution in [0.25, 0.3) is 0 Å². The molecule has 0 radical (unpaired) electrons. The molecular weight excluding hydrogens is 444 g/mol. The molecule has 0 spiro atoms. The van der Waals surface area contributed by atoms with Crippen molar-refractivity contribution in [2.45, 2.75) is 26.4 Å². The quantitative estimate of drug-likeness (QED) is 0.668. The van der Waals surface area contributed by atoms with Crippen LogP contribution >= 0.6 is 15.9 Å². The smallest absolute Gasteiger partial charge is 0.319 e. The molecule has 6 nitrogen and oxygen atoms in total. The van der Waals surface area contributed by atoms with Gasteiger partial charge in [0, 0.05) is 42.9 Å². The summed E-state index contributed by atoms with van der Waals surface area (Å²) in [6, 6.07) is 16.8. The molecule has 0 aromatic heterocycles. The van der Waals surface area contributed by atoms with Crippen LogP contribution in [0, 0.1) is 5.92 Å². The van der Waals surface area contributed by atoms with Crippen LogP contribution in [0.4, 0.5) is 10.5 Å². The zero-order chi connectivity index (χ0) is 21.5. The Morgan fingerprint density at radius 2 is 1.60 bits per heavy atom. The van der Waals surface area contributed by atoms with E-state index in [4.69, 9.17) is 0 Å². The van der Waals surface area contributed by atoms with Crippen LogP contribution in [-0.4, -0.2) is 54.0 Å². The molecule has 2 N–H and O–H groups in total. The summed E-state index contributed by atoms with van der Waals surface area (Å²) in [5, 5.41) is 5.66. The number of anilines is 1. The Bertz CT molecular complexity index is 834. The summed E-state index contributed by atoms with van der Waals surface area (Å²) in [7, 11) is 0. The number of hydrogen-bond donors (Lipinski definition) is 2. The van der Waals surface area contributed by atoms with Crippen molar-refractivity contribution < 1.29 is 9.59 Å². The number of urea groups is 1. The third kappa shape index (κ3) is 6.31. The van der Waals surface area contributed by atoms with Crippen molar-refractivity contribution in [3.63, 3.8) is 0 Å². The van der Waals surface area contributed by atoms with Crippen molar-refractivity contribution in [2.75, 3.05) is 31.5 Å². The normalized spacial score (nSPS) is 15.7. The molecular formula is C23H29BrN4O2. The summed E-state index contributed by atoms with van der Waals surface area (Å²) >= 11 is 3.37. The zero-order valence-electron chi connectivity index (χ0n) is 17.5. The van der Waals surface area contributed by atoms with Gasteiger partial charge < -0.3 is 15.5 Å². The average Bonchev–Trinajstić information content (AvgIpc) is 2.74. The molecule has 1 saturated heterocycles. The first-order valence-electron chi connectivity index (χ1n) is 10.3. The molecule has 7 heteroatoms. The molecule has 160 valence electrons. The van der Waals surface area contributed by atoms with Crippen LogP contribution in [0.15, 0.2) is 59.1 Å². The maximum atomic E-state index is 13.1. The van der Waals surface area contributed by atoms with Crippen LogP contribution in [0.5, 0.6) is 0 Å². The Labute approximate surface area is 186 Å². The number of nitrogens with zero attached hydrogens (tertiary/aromatic N) is 2. The van der Waals surface area contributed by atoms with Gasteiger partial charge in [-0.15, -0.1) is 0 Å². The summed E-state index contributed by atoms with van der Waals surface area (Å²) in [6.07, 6.45) is 0. The van der Waals surface area contributed by atoms with E-state index in [1.807, 2.05) is 61.2 Å². The lowest BCUT2D eigenvalue weighted by Crippen LogP contribution is -2.56. The lowest BCUT2D eigenvalue weighted by atomic mass is 10.0. The van der Waals surface area contributed by atoms with Crippen molar-refractivity contribution in [3.8, 4) is 0 Å². The molecule has 1 fully saturated rings. The van der Waals surface area contributed by atoms with Gasteiger partial charge in [0.1, 0.15) is 6.04 Å². The van der Waals surface area contributed by atoms with E-state index in [0.29, 0.717) is 18.8 Å². The summed E-state index contributed by atoms with van der Waals surface area (Å²) in [5.74, 6) is -0.0224. The van der Waals surface area contributed by atoms with Gasteiger partial charge in [0.15, 0.2) is 0 Å². The molecule has 3 rings (SSSR count). The SMILES string of the molecule is CC(C)C(NC(=O)Nc1ccc(Br)cc1)C(=O)N1CCN(Cc2ccccc2)CC1. The van der Waals surface area contributed by atoms with E-state index in [1.165, 1.54) is 5.56 Å². The number of nitrogens with one attached hydrogen (secondary N) is 2. The second kappa shape index (κ2) is 10.6. The van der Waals surface area contributed by atoms with Gasteiger partial charge in [0.2, 0.25) is 5.91 Å². The number of carbonyl (C=O) groups is 2. The van der Waals surface area contributed by atoms with E-state index in [-0.39, 0.29) is 17.9 Å². The highest BCUT2D eigenvalue weighted by Crippen LogP contribution is 2.15. The number of benzene rings is 2. The maximum absolute atomic E-state index is 13.1. The summed E-state index contributed by atoms with van der Waals surface area (Å²) < 4.78 is 0.940. The number of halogens is 1. The van der Waals surface area contributed by atoms with Gasteiger partial charge in [-0.1, -0.05) is 60.1 Å². The maximum Gasteiger partial charge on any atom is 0.319 e. The molecule has 2 aromatic rings. The summed E-state index contributed by atoms with van der Waals surface area (Å²) in [4.78, 5) is 29.8. The predicted octanol–water partition coefficient (Wildman–Crippen LogP) is 3.94. The second-order valence-corrected chi connectivity index (χ2v) is 8.83. The number of piperazine rings is 1. The minimum absolute atomic E-state index is 0.00415. The van der Waals surface area contributed by atoms with Gasteiger partial charge >= 0.3 is 6.03 Å². The van der Waals surface area contributed by atoms with Crippen LogP contribution < -0.4 is 10.6 Å². The molecule has 0 aliphatic carbocycles. The van der Waals surface area contributed by atoms with E-state index in [9.17, 15) is 9.59 Å².